The second-order valence-corrected chi connectivity index (χ2v) is 5.24. The minimum absolute atomic E-state index is 0.0759. The van der Waals surface area contributed by atoms with Crippen LogP contribution in [0.5, 0.6) is 0 Å². The van der Waals surface area contributed by atoms with Gasteiger partial charge in [-0.2, -0.15) is 0 Å². The first-order chi connectivity index (χ1) is 8.59. The second kappa shape index (κ2) is 5.87. The Morgan fingerprint density at radius 2 is 1.89 bits per heavy atom. The molecule has 0 radical (unpaired) electrons. The first kappa shape index (κ1) is 13.6. The van der Waals surface area contributed by atoms with E-state index in [2.05, 4.69) is 4.90 Å². The Hall–Kier alpha value is -0.840. The number of hydrogen-bond acceptors (Lipinski definition) is 3. The van der Waals surface area contributed by atoms with E-state index in [4.69, 9.17) is 23.2 Å². The van der Waals surface area contributed by atoms with E-state index in [1.807, 2.05) is 0 Å². The third-order valence-electron chi connectivity index (χ3n) is 3.19. The molecule has 1 aliphatic heterocycles. The first-order valence-electron chi connectivity index (χ1n) is 5.93. The fourth-order valence-corrected chi connectivity index (χ4v) is 2.77. The van der Waals surface area contributed by atoms with Gasteiger partial charge in [0.15, 0.2) is 0 Å². The van der Waals surface area contributed by atoms with Gasteiger partial charge in [0.1, 0.15) is 5.02 Å². The highest BCUT2D eigenvalue weighted by Gasteiger charge is 2.21. The van der Waals surface area contributed by atoms with Crippen LogP contribution >= 0.6 is 23.2 Å². The van der Waals surface area contributed by atoms with Gasteiger partial charge in [0.2, 0.25) is 0 Å². The fourth-order valence-electron chi connectivity index (χ4n) is 2.21. The molecule has 0 bridgehead atoms. The van der Waals surface area contributed by atoms with Crippen molar-refractivity contribution < 1.29 is 4.92 Å². The molecule has 0 N–H and O–H groups in total. The predicted molar refractivity (Wildman–Crippen MR) is 72.2 cm³/mol. The number of nitro groups is 1. The third-order valence-corrected chi connectivity index (χ3v) is 3.97. The SMILES string of the molecule is O=[N+]([O-])c1ccc(Cl)c(CN2CCCCC2)c1Cl. The molecule has 1 aromatic rings. The normalized spacial score (nSPS) is 16.8. The summed E-state index contributed by atoms with van der Waals surface area (Å²) in [5.41, 5.74) is 0.586. The minimum atomic E-state index is -0.474. The molecule has 0 spiro atoms. The number of likely N-dealkylation sites (tertiary alicyclic amines) is 1. The van der Waals surface area contributed by atoms with E-state index < -0.39 is 4.92 Å². The smallest absolute Gasteiger partial charge is 0.288 e. The zero-order chi connectivity index (χ0) is 13.1. The zero-order valence-corrected chi connectivity index (χ0v) is 11.4. The monoisotopic (exact) mass is 288 g/mol. The summed E-state index contributed by atoms with van der Waals surface area (Å²) in [6.07, 6.45) is 3.56. The number of nitro benzene ring substituents is 1. The van der Waals surface area contributed by atoms with Crippen molar-refractivity contribution in [1.29, 1.82) is 0 Å². The Morgan fingerprint density at radius 3 is 2.50 bits per heavy atom. The van der Waals surface area contributed by atoms with Gasteiger partial charge in [-0.15, -0.1) is 0 Å². The molecule has 0 saturated carbocycles. The Bertz CT molecular complexity index is 460. The molecule has 98 valence electrons. The summed E-state index contributed by atoms with van der Waals surface area (Å²) in [5, 5.41) is 11.5. The van der Waals surface area contributed by atoms with Gasteiger partial charge in [-0.3, -0.25) is 15.0 Å². The summed E-state index contributed by atoms with van der Waals surface area (Å²) >= 11 is 12.2. The zero-order valence-electron chi connectivity index (χ0n) is 9.86. The topological polar surface area (TPSA) is 46.4 Å². The number of hydrogen-bond donors (Lipinski definition) is 0. The minimum Gasteiger partial charge on any atom is -0.299 e. The number of rotatable bonds is 3. The summed E-state index contributed by atoms with van der Waals surface area (Å²) in [4.78, 5) is 12.6. The molecular weight excluding hydrogens is 275 g/mol. The van der Waals surface area contributed by atoms with Gasteiger partial charge in [0.05, 0.1) is 4.92 Å². The van der Waals surface area contributed by atoms with E-state index in [0.717, 1.165) is 25.9 Å². The van der Waals surface area contributed by atoms with E-state index in [1.165, 1.54) is 12.5 Å². The van der Waals surface area contributed by atoms with Crippen LogP contribution in [-0.4, -0.2) is 22.9 Å². The Labute approximate surface area is 116 Å². The molecule has 0 aliphatic carbocycles. The first-order valence-corrected chi connectivity index (χ1v) is 6.69. The molecule has 6 heteroatoms. The quantitative estimate of drug-likeness (QED) is 0.626. The fraction of sp³-hybridized carbons (Fsp3) is 0.500. The van der Waals surface area contributed by atoms with Crippen LogP contribution in [0.1, 0.15) is 24.8 Å². The maximum Gasteiger partial charge on any atom is 0.288 e. The molecule has 1 aromatic carbocycles. The summed E-state index contributed by atoms with van der Waals surface area (Å²) < 4.78 is 0. The number of nitrogens with zero attached hydrogens (tertiary/aromatic N) is 2. The lowest BCUT2D eigenvalue weighted by molar-refractivity contribution is -0.384. The second-order valence-electron chi connectivity index (χ2n) is 4.45. The maximum absolute atomic E-state index is 10.8. The highest BCUT2D eigenvalue weighted by atomic mass is 35.5. The molecule has 18 heavy (non-hydrogen) atoms. The van der Waals surface area contributed by atoms with Crippen LogP contribution in [0.25, 0.3) is 0 Å². The van der Waals surface area contributed by atoms with Crippen LogP contribution in [0.4, 0.5) is 5.69 Å². The largest absolute Gasteiger partial charge is 0.299 e. The van der Waals surface area contributed by atoms with Gasteiger partial charge >= 0.3 is 0 Å². The van der Waals surface area contributed by atoms with E-state index in [-0.39, 0.29) is 10.7 Å². The van der Waals surface area contributed by atoms with Gasteiger partial charge in [0.25, 0.3) is 5.69 Å². The van der Waals surface area contributed by atoms with Crippen LogP contribution in [0.15, 0.2) is 12.1 Å². The molecule has 1 saturated heterocycles. The lowest BCUT2D eigenvalue weighted by Crippen LogP contribution is -2.29. The van der Waals surface area contributed by atoms with E-state index in [0.29, 0.717) is 17.1 Å². The molecule has 0 amide bonds. The van der Waals surface area contributed by atoms with Crippen molar-refractivity contribution in [3.8, 4) is 0 Å². The van der Waals surface area contributed by atoms with E-state index in [1.54, 1.807) is 6.07 Å². The molecular formula is C12H14Cl2N2O2. The average molecular weight is 289 g/mol. The number of piperidine rings is 1. The van der Waals surface area contributed by atoms with Crippen molar-refractivity contribution in [2.24, 2.45) is 0 Å². The van der Waals surface area contributed by atoms with Gasteiger partial charge < -0.3 is 0 Å². The molecule has 2 rings (SSSR count). The van der Waals surface area contributed by atoms with Crippen molar-refractivity contribution in [2.75, 3.05) is 13.1 Å². The van der Waals surface area contributed by atoms with Gasteiger partial charge in [-0.1, -0.05) is 29.6 Å². The lowest BCUT2D eigenvalue weighted by atomic mass is 10.1. The highest BCUT2D eigenvalue weighted by molar-refractivity contribution is 6.37. The highest BCUT2D eigenvalue weighted by Crippen LogP contribution is 2.34. The molecule has 1 heterocycles. The summed E-state index contributed by atoms with van der Waals surface area (Å²) in [6.45, 7) is 2.57. The van der Waals surface area contributed by atoms with E-state index >= 15 is 0 Å². The molecule has 0 aromatic heterocycles. The van der Waals surface area contributed by atoms with Crippen LogP contribution in [0, 0.1) is 10.1 Å². The van der Waals surface area contributed by atoms with Crippen molar-refractivity contribution in [2.45, 2.75) is 25.8 Å². The van der Waals surface area contributed by atoms with E-state index in [9.17, 15) is 10.1 Å². The number of benzene rings is 1. The van der Waals surface area contributed by atoms with Gasteiger partial charge in [0, 0.05) is 23.2 Å². The maximum atomic E-state index is 10.8. The van der Waals surface area contributed by atoms with Crippen LogP contribution in [0.3, 0.4) is 0 Å². The Balaban J connectivity index is 2.25. The Morgan fingerprint density at radius 1 is 1.22 bits per heavy atom. The summed E-state index contributed by atoms with van der Waals surface area (Å²) in [5.74, 6) is 0. The molecule has 1 fully saturated rings. The third kappa shape index (κ3) is 2.94. The molecule has 0 unspecified atom stereocenters. The van der Waals surface area contributed by atoms with Crippen molar-refractivity contribution >= 4 is 28.9 Å². The average Bonchev–Trinajstić information content (AvgIpc) is 2.35. The molecule has 4 nitrogen and oxygen atoms in total. The van der Waals surface area contributed by atoms with Gasteiger partial charge in [-0.25, -0.2) is 0 Å². The molecule has 0 atom stereocenters. The number of halogens is 2. The Kier molecular flexibility index (Phi) is 4.43. The lowest BCUT2D eigenvalue weighted by Gasteiger charge is -2.27. The van der Waals surface area contributed by atoms with Gasteiger partial charge in [-0.05, 0) is 32.0 Å². The van der Waals surface area contributed by atoms with Crippen LogP contribution < -0.4 is 0 Å². The van der Waals surface area contributed by atoms with Crippen molar-refractivity contribution in [1.82, 2.24) is 4.90 Å². The van der Waals surface area contributed by atoms with Crippen molar-refractivity contribution in [3.63, 3.8) is 0 Å². The predicted octanol–water partition coefficient (Wildman–Crippen LogP) is 3.89. The van der Waals surface area contributed by atoms with Crippen LogP contribution in [-0.2, 0) is 6.54 Å². The standard InChI is InChI=1S/C12H14Cl2N2O2/c13-10-4-5-11(16(17)18)12(14)9(10)8-15-6-2-1-3-7-15/h4-5H,1-3,6-8H2. The van der Waals surface area contributed by atoms with Crippen LogP contribution in [0.2, 0.25) is 10.0 Å². The summed E-state index contributed by atoms with van der Waals surface area (Å²) in [7, 11) is 0. The molecule has 1 aliphatic rings. The van der Waals surface area contributed by atoms with Crippen molar-refractivity contribution in [3.05, 3.63) is 37.9 Å². The summed E-state index contributed by atoms with van der Waals surface area (Å²) in [6, 6.07) is 2.90.